The number of piperidine rings is 1. The number of benzene rings is 3. The van der Waals surface area contributed by atoms with E-state index in [1.807, 2.05) is 53.4 Å². The second kappa shape index (κ2) is 18.8. The van der Waals surface area contributed by atoms with Gasteiger partial charge in [0, 0.05) is 119 Å². The molecule has 0 bridgehead atoms. The van der Waals surface area contributed by atoms with E-state index in [-0.39, 0.29) is 29.8 Å². The molecule has 3 aliphatic heterocycles. The summed E-state index contributed by atoms with van der Waals surface area (Å²) in [7, 11) is -2.84. The number of aromatic nitrogens is 2. The van der Waals surface area contributed by atoms with Gasteiger partial charge in [0.1, 0.15) is 17.5 Å². The van der Waals surface area contributed by atoms with Gasteiger partial charge in [-0.1, -0.05) is 31.2 Å². The number of carbonyl (C=O) groups excluding carboxylic acids is 4. The summed E-state index contributed by atoms with van der Waals surface area (Å²) < 4.78 is 58.8. The summed E-state index contributed by atoms with van der Waals surface area (Å²) in [4.78, 5) is 66.6. The Morgan fingerprint density at radius 2 is 1.59 bits per heavy atom. The number of rotatable bonds is 14. The van der Waals surface area contributed by atoms with Gasteiger partial charge in [-0.25, -0.2) is 13.8 Å². The van der Waals surface area contributed by atoms with E-state index in [1.54, 1.807) is 19.2 Å². The summed E-state index contributed by atoms with van der Waals surface area (Å²) in [6.45, 7) is 8.69. The van der Waals surface area contributed by atoms with Crippen molar-refractivity contribution in [3.63, 3.8) is 0 Å². The number of H-pyrrole nitrogens is 1. The zero-order chi connectivity index (χ0) is 45.1. The maximum atomic E-state index is 15.6. The number of nitrogens with one attached hydrogen (secondary N) is 4. The number of anilines is 3. The third-order valence-corrected chi connectivity index (χ3v) is 13.7. The lowest BCUT2D eigenvalue weighted by Gasteiger charge is -2.38. The molecule has 3 aliphatic rings. The Morgan fingerprint density at radius 1 is 0.891 bits per heavy atom. The van der Waals surface area contributed by atoms with Crippen LogP contribution in [0.4, 0.5) is 25.8 Å². The number of carbonyl (C=O) groups is 4. The quantitative estimate of drug-likeness (QED) is 0.0934. The number of nitrogens with zero attached hydrogens (tertiary/aromatic N) is 6. The number of pyridine rings is 1. The first kappa shape index (κ1) is 44.3. The number of imide groups is 1. The molecule has 64 heavy (non-hydrogen) atoms. The van der Waals surface area contributed by atoms with E-state index in [1.165, 1.54) is 13.2 Å². The lowest BCUT2D eigenvalue weighted by atomic mass is 9.99. The molecule has 0 saturated carbocycles. The van der Waals surface area contributed by atoms with E-state index < -0.39 is 44.9 Å². The summed E-state index contributed by atoms with van der Waals surface area (Å²) in [6.07, 6.45) is 3.76. The Hall–Kier alpha value is -6.28. The largest absolute Gasteiger partial charge is 0.374 e. The van der Waals surface area contributed by atoms with Gasteiger partial charge in [0.25, 0.3) is 0 Å². The lowest BCUT2D eigenvalue weighted by molar-refractivity contribution is -0.135. The molecule has 4 N–H and O–H groups in total. The normalized spacial score (nSPS) is 17.8. The highest BCUT2D eigenvalue weighted by atomic mass is 32.2. The van der Waals surface area contributed by atoms with Crippen LogP contribution in [0.1, 0.15) is 41.3 Å². The monoisotopic (exact) mass is 896 g/mol. The van der Waals surface area contributed by atoms with Crippen LogP contribution in [0.25, 0.3) is 22.2 Å². The molecule has 0 aliphatic carbocycles. The first-order chi connectivity index (χ1) is 30.8. The van der Waals surface area contributed by atoms with Crippen molar-refractivity contribution in [3.8, 4) is 11.1 Å². The second-order valence-corrected chi connectivity index (χ2v) is 18.0. The first-order valence-electron chi connectivity index (χ1n) is 21.3. The minimum atomic E-state index is -4.14. The van der Waals surface area contributed by atoms with Crippen molar-refractivity contribution >= 4 is 61.8 Å². The van der Waals surface area contributed by atoms with E-state index in [2.05, 4.69) is 40.0 Å². The topological polar surface area (TPSA) is 183 Å². The molecule has 2 aromatic heterocycles. The van der Waals surface area contributed by atoms with Crippen LogP contribution in [-0.2, 0) is 31.1 Å². The summed E-state index contributed by atoms with van der Waals surface area (Å²) in [5.41, 5.74) is 3.36. The van der Waals surface area contributed by atoms with Crippen LogP contribution >= 0.6 is 0 Å². The van der Waals surface area contributed by atoms with Gasteiger partial charge in [0.15, 0.2) is 5.82 Å². The van der Waals surface area contributed by atoms with Gasteiger partial charge in [-0.05, 0) is 60.0 Å². The van der Waals surface area contributed by atoms with Gasteiger partial charge in [-0.15, -0.1) is 0 Å². The highest BCUT2D eigenvalue weighted by molar-refractivity contribution is 7.90. The number of amides is 3. The fourth-order valence-corrected chi connectivity index (χ4v) is 9.11. The van der Waals surface area contributed by atoms with E-state index in [0.29, 0.717) is 55.6 Å². The first-order valence-corrected chi connectivity index (χ1v) is 22.7. The third kappa shape index (κ3) is 9.76. The fraction of sp³-hybridized carbons (Fsp3) is 0.356. The molecular weight excluding hydrogens is 847 g/mol. The van der Waals surface area contributed by atoms with Crippen LogP contribution in [0, 0.1) is 11.6 Å². The zero-order valence-corrected chi connectivity index (χ0v) is 36.4. The maximum Gasteiger partial charge on any atom is 0.301 e. The molecule has 16 nitrogen and oxygen atoms in total. The van der Waals surface area contributed by atoms with Crippen LogP contribution < -0.4 is 20.3 Å². The van der Waals surface area contributed by atoms with Crippen molar-refractivity contribution in [2.75, 3.05) is 87.4 Å². The number of halogens is 2. The molecule has 1 atom stereocenters. The van der Waals surface area contributed by atoms with Crippen molar-refractivity contribution in [1.29, 1.82) is 0 Å². The number of piperazine rings is 2. The van der Waals surface area contributed by atoms with Gasteiger partial charge >= 0.3 is 10.2 Å². The minimum absolute atomic E-state index is 0.0214. The van der Waals surface area contributed by atoms with Gasteiger partial charge < -0.3 is 20.1 Å². The molecule has 5 heterocycles. The molecule has 3 fully saturated rings. The van der Waals surface area contributed by atoms with Gasteiger partial charge in [-0.2, -0.15) is 12.7 Å². The maximum absolute atomic E-state index is 15.6. The van der Waals surface area contributed by atoms with Gasteiger partial charge in [0.05, 0.1) is 17.8 Å². The summed E-state index contributed by atoms with van der Waals surface area (Å²) >= 11 is 0. The zero-order valence-electron chi connectivity index (χ0n) is 35.6. The standard InChI is InChI=1S/C45H50F2N10O6S/c1-3-53(2)64(62,63)52-37-13-12-36(46)41(42(37)47)43(60)35-26-49-44-34(35)24-31(25-48-44)30-6-4-29(5-7-30)27-54-18-22-57(23-19-54)40(59)28-55-16-20-56(21-17-55)33-10-8-32(9-11-33)50-38-14-15-39(58)51-45(38)61/h4-13,24-26,38,50,52H,3,14-23,27-28H2,1-2H3,(H,48,49)(H,51,58,61). The molecule has 5 aromatic rings. The molecule has 3 saturated heterocycles. The van der Waals surface area contributed by atoms with Crippen LogP contribution in [0.3, 0.4) is 0 Å². The molecule has 19 heteroatoms. The number of fused-ring (bicyclic) bond motifs is 1. The predicted molar refractivity (Wildman–Crippen MR) is 239 cm³/mol. The van der Waals surface area contributed by atoms with E-state index >= 15 is 8.78 Å². The van der Waals surface area contributed by atoms with Crippen LogP contribution in [0.2, 0.25) is 0 Å². The van der Waals surface area contributed by atoms with E-state index in [4.69, 9.17) is 0 Å². The second-order valence-electron chi connectivity index (χ2n) is 16.3. The summed E-state index contributed by atoms with van der Waals surface area (Å²) in [6, 6.07) is 18.9. The molecule has 0 spiro atoms. The lowest BCUT2D eigenvalue weighted by Crippen LogP contribution is -2.53. The number of aromatic amines is 1. The third-order valence-electron chi connectivity index (χ3n) is 12.2. The highest BCUT2D eigenvalue weighted by Gasteiger charge is 2.29. The Morgan fingerprint density at radius 3 is 2.28 bits per heavy atom. The summed E-state index contributed by atoms with van der Waals surface area (Å²) in [5.74, 6) is -3.83. The van der Waals surface area contributed by atoms with Crippen molar-refractivity contribution in [1.82, 2.24) is 34.3 Å². The molecule has 3 amide bonds. The number of hydrogen-bond acceptors (Lipinski definition) is 11. The molecule has 0 radical (unpaired) electrons. The van der Waals surface area contributed by atoms with Crippen LogP contribution in [0.15, 0.2) is 79.1 Å². The molecule has 3 aromatic carbocycles. The number of ketones is 1. The average Bonchev–Trinajstić information content (AvgIpc) is 3.72. The molecular formula is C45H50F2N10O6S. The fourth-order valence-electron chi connectivity index (χ4n) is 8.18. The van der Waals surface area contributed by atoms with E-state index in [9.17, 15) is 27.6 Å². The van der Waals surface area contributed by atoms with Crippen molar-refractivity contribution in [3.05, 3.63) is 107 Å². The smallest absolute Gasteiger partial charge is 0.301 e. The molecule has 8 rings (SSSR count). The van der Waals surface area contributed by atoms with E-state index in [0.717, 1.165) is 78.2 Å². The highest BCUT2D eigenvalue weighted by Crippen LogP contribution is 2.30. The molecule has 1 unspecified atom stereocenters. The Kier molecular flexibility index (Phi) is 13.0. The number of hydrogen-bond donors (Lipinski definition) is 4. The Balaban J connectivity index is 0.812. The Labute approximate surface area is 369 Å². The van der Waals surface area contributed by atoms with Gasteiger partial charge in [-0.3, -0.25) is 39.0 Å². The predicted octanol–water partition coefficient (Wildman–Crippen LogP) is 4.03. The van der Waals surface area contributed by atoms with Crippen molar-refractivity contribution < 1.29 is 36.4 Å². The van der Waals surface area contributed by atoms with Crippen LogP contribution in [0.5, 0.6) is 0 Å². The van der Waals surface area contributed by atoms with Crippen LogP contribution in [-0.4, -0.2) is 139 Å². The molecule has 336 valence electrons. The SMILES string of the molecule is CCN(C)S(=O)(=O)Nc1ccc(F)c(C(=O)c2c[nH]c3ncc(-c4ccc(CN5CCN(C(=O)CN6CCN(c7ccc(NC8CCC(=O)NC8=O)cc7)CC6)CC5)cc4)cc23)c1F. The minimum Gasteiger partial charge on any atom is -0.374 e. The average molecular weight is 897 g/mol. The summed E-state index contributed by atoms with van der Waals surface area (Å²) in [5, 5.41) is 5.93. The van der Waals surface area contributed by atoms with Crippen molar-refractivity contribution in [2.45, 2.75) is 32.4 Å². The Bertz CT molecular complexity index is 2660. The van der Waals surface area contributed by atoms with Gasteiger partial charge in [0.2, 0.25) is 23.5 Å². The van der Waals surface area contributed by atoms with Crippen molar-refractivity contribution in [2.24, 2.45) is 0 Å².